The molecule has 3 aromatic rings. The molecule has 0 aliphatic heterocycles. The van der Waals surface area contributed by atoms with Gasteiger partial charge in [0.2, 0.25) is 0 Å². The molecular formula is C15H10BrNO2. The topological polar surface area (TPSA) is 43.1 Å². The number of carbonyl (C=O) groups excluding carboxylic acids is 1. The van der Waals surface area contributed by atoms with Gasteiger partial charge < -0.3 is 4.42 Å². The van der Waals surface area contributed by atoms with Crippen LogP contribution in [0.1, 0.15) is 16.2 Å². The lowest BCUT2D eigenvalue weighted by molar-refractivity contribution is 0.0982. The number of halogens is 1. The van der Waals surface area contributed by atoms with Gasteiger partial charge in [-0.1, -0.05) is 18.2 Å². The van der Waals surface area contributed by atoms with Crippen molar-refractivity contribution in [2.24, 2.45) is 0 Å². The summed E-state index contributed by atoms with van der Waals surface area (Å²) < 4.78 is 5.90. The van der Waals surface area contributed by atoms with E-state index < -0.39 is 0 Å². The predicted octanol–water partition coefficient (Wildman–Crippen LogP) is 4.02. The molecule has 0 amide bonds. The zero-order valence-corrected chi connectivity index (χ0v) is 11.6. The molecule has 1 aromatic carbocycles. The number of pyridine rings is 1. The first-order valence-electron chi connectivity index (χ1n) is 5.85. The highest BCUT2D eigenvalue weighted by Crippen LogP contribution is 2.22. The highest BCUT2D eigenvalue weighted by molar-refractivity contribution is 9.10. The maximum Gasteiger partial charge on any atom is 0.189 e. The summed E-state index contributed by atoms with van der Waals surface area (Å²) >= 11 is 3.41. The second-order valence-corrected chi connectivity index (χ2v) is 5.05. The van der Waals surface area contributed by atoms with Crippen molar-refractivity contribution in [1.29, 1.82) is 0 Å². The number of aromatic nitrogens is 1. The molecule has 0 saturated carbocycles. The van der Waals surface area contributed by atoms with Gasteiger partial charge >= 0.3 is 0 Å². The van der Waals surface area contributed by atoms with E-state index in [1.807, 2.05) is 30.3 Å². The van der Waals surface area contributed by atoms with E-state index in [0.717, 1.165) is 10.9 Å². The number of ketones is 1. The summed E-state index contributed by atoms with van der Waals surface area (Å²) in [6, 6.07) is 13.2. The zero-order valence-electron chi connectivity index (χ0n) is 9.97. The minimum atomic E-state index is -0.0624. The van der Waals surface area contributed by atoms with Gasteiger partial charge in [0, 0.05) is 9.86 Å². The van der Waals surface area contributed by atoms with Crippen LogP contribution in [0.4, 0.5) is 0 Å². The number of hydrogen-bond donors (Lipinski definition) is 0. The fourth-order valence-electron chi connectivity index (χ4n) is 1.94. The molecule has 2 heterocycles. The van der Waals surface area contributed by atoms with E-state index in [-0.39, 0.29) is 12.2 Å². The molecule has 3 rings (SSSR count). The largest absolute Gasteiger partial charge is 0.469 e. The number of nitrogens with zero attached hydrogens (tertiary/aromatic N) is 1. The van der Waals surface area contributed by atoms with Crippen LogP contribution in [-0.4, -0.2) is 10.8 Å². The second kappa shape index (κ2) is 4.97. The minimum Gasteiger partial charge on any atom is -0.469 e. The van der Waals surface area contributed by atoms with E-state index in [1.165, 1.54) is 0 Å². The first-order chi connectivity index (χ1) is 9.24. The van der Waals surface area contributed by atoms with Gasteiger partial charge in [-0.3, -0.25) is 4.79 Å². The predicted molar refractivity (Wildman–Crippen MR) is 76.2 cm³/mol. The lowest BCUT2D eigenvalue weighted by atomic mass is 10.1. The molecule has 2 aromatic heterocycles. The molecule has 3 nitrogen and oxygen atoms in total. The van der Waals surface area contributed by atoms with E-state index in [2.05, 4.69) is 20.9 Å². The quantitative estimate of drug-likeness (QED) is 0.686. The molecule has 19 heavy (non-hydrogen) atoms. The third-order valence-corrected chi connectivity index (χ3v) is 3.46. The van der Waals surface area contributed by atoms with E-state index >= 15 is 0 Å². The Kier molecular flexibility index (Phi) is 3.17. The number of Topliss-reactive ketones (excluding diaryl/α,β-unsaturated/α-hetero) is 1. The van der Waals surface area contributed by atoms with E-state index in [0.29, 0.717) is 15.9 Å². The van der Waals surface area contributed by atoms with Crippen molar-refractivity contribution in [2.75, 3.05) is 0 Å². The third kappa shape index (κ3) is 2.44. The molecule has 0 aliphatic rings. The fourth-order valence-corrected chi connectivity index (χ4v) is 2.50. The van der Waals surface area contributed by atoms with Gasteiger partial charge in [0.25, 0.3) is 0 Å². The second-order valence-electron chi connectivity index (χ2n) is 4.19. The minimum absolute atomic E-state index is 0.0624. The Morgan fingerprint density at radius 1 is 1.21 bits per heavy atom. The number of fused-ring (bicyclic) bond motifs is 1. The van der Waals surface area contributed by atoms with Crippen LogP contribution < -0.4 is 0 Å². The van der Waals surface area contributed by atoms with Crippen molar-refractivity contribution < 1.29 is 9.21 Å². The van der Waals surface area contributed by atoms with Crippen LogP contribution in [0.15, 0.2) is 57.6 Å². The molecule has 0 unspecified atom stereocenters. The summed E-state index contributed by atoms with van der Waals surface area (Å²) in [5, 5.41) is 1.00. The average Bonchev–Trinajstić information content (AvgIpc) is 2.90. The Hall–Kier alpha value is -1.94. The standard InChI is InChI=1S/C15H10BrNO2/c16-12-8-10-4-1-2-6-13(10)17-15(12)14(18)9-11-5-3-7-19-11/h1-8H,9H2. The van der Waals surface area contributed by atoms with Crippen molar-refractivity contribution in [2.45, 2.75) is 6.42 Å². The van der Waals surface area contributed by atoms with Crippen molar-refractivity contribution in [3.63, 3.8) is 0 Å². The Morgan fingerprint density at radius 2 is 2.05 bits per heavy atom. The first-order valence-corrected chi connectivity index (χ1v) is 6.64. The molecule has 0 radical (unpaired) electrons. The Morgan fingerprint density at radius 3 is 2.84 bits per heavy atom. The van der Waals surface area contributed by atoms with Gasteiger partial charge in [-0.15, -0.1) is 0 Å². The van der Waals surface area contributed by atoms with Crippen LogP contribution in [0.2, 0.25) is 0 Å². The van der Waals surface area contributed by atoms with Gasteiger partial charge in [-0.2, -0.15) is 0 Å². The normalized spacial score (nSPS) is 10.8. The van der Waals surface area contributed by atoms with Crippen molar-refractivity contribution in [1.82, 2.24) is 4.98 Å². The number of hydrogen-bond acceptors (Lipinski definition) is 3. The monoisotopic (exact) mass is 315 g/mol. The van der Waals surface area contributed by atoms with Crippen molar-refractivity contribution in [3.05, 3.63) is 64.7 Å². The lowest BCUT2D eigenvalue weighted by Crippen LogP contribution is -2.06. The van der Waals surface area contributed by atoms with Crippen molar-refractivity contribution in [3.8, 4) is 0 Å². The average molecular weight is 316 g/mol. The molecule has 0 fully saturated rings. The Labute approximate surface area is 118 Å². The van der Waals surface area contributed by atoms with Crippen molar-refractivity contribution >= 4 is 32.6 Å². The van der Waals surface area contributed by atoms with Gasteiger partial charge in [0.05, 0.1) is 18.2 Å². The highest BCUT2D eigenvalue weighted by atomic mass is 79.9. The lowest BCUT2D eigenvalue weighted by Gasteiger charge is -2.04. The molecular weight excluding hydrogens is 306 g/mol. The summed E-state index contributed by atoms with van der Waals surface area (Å²) in [7, 11) is 0. The van der Waals surface area contributed by atoms with Gasteiger partial charge in [0.15, 0.2) is 5.78 Å². The summed E-state index contributed by atoms with van der Waals surface area (Å²) in [5.74, 6) is 0.583. The highest BCUT2D eigenvalue weighted by Gasteiger charge is 2.15. The number of furan rings is 1. The van der Waals surface area contributed by atoms with Crippen LogP contribution in [-0.2, 0) is 6.42 Å². The van der Waals surface area contributed by atoms with Crippen LogP contribution in [0.3, 0.4) is 0 Å². The molecule has 0 aliphatic carbocycles. The number of carbonyl (C=O) groups is 1. The smallest absolute Gasteiger partial charge is 0.189 e. The van der Waals surface area contributed by atoms with Crippen LogP contribution >= 0.6 is 15.9 Å². The first kappa shape index (κ1) is 12.1. The van der Waals surface area contributed by atoms with E-state index in [1.54, 1.807) is 18.4 Å². The zero-order chi connectivity index (χ0) is 13.2. The third-order valence-electron chi connectivity index (χ3n) is 2.86. The van der Waals surface area contributed by atoms with Crippen LogP contribution in [0, 0.1) is 0 Å². The summed E-state index contributed by atoms with van der Waals surface area (Å²) in [6.07, 6.45) is 1.78. The maximum absolute atomic E-state index is 12.2. The molecule has 0 saturated heterocycles. The number of benzene rings is 1. The SMILES string of the molecule is O=C(Cc1ccco1)c1nc2ccccc2cc1Br. The summed E-state index contributed by atoms with van der Waals surface area (Å²) in [4.78, 5) is 16.6. The molecule has 0 bridgehead atoms. The molecule has 0 N–H and O–H groups in total. The summed E-state index contributed by atoms with van der Waals surface area (Å²) in [5.41, 5.74) is 1.25. The fraction of sp³-hybridized carbons (Fsp3) is 0.0667. The Bertz CT molecular complexity index is 735. The molecule has 94 valence electrons. The number of para-hydroxylation sites is 1. The number of rotatable bonds is 3. The Balaban J connectivity index is 1.99. The van der Waals surface area contributed by atoms with Gasteiger partial charge in [-0.05, 0) is 40.2 Å². The van der Waals surface area contributed by atoms with Crippen LogP contribution in [0.5, 0.6) is 0 Å². The maximum atomic E-state index is 12.2. The molecule has 0 spiro atoms. The van der Waals surface area contributed by atoms with Crippen LogP contribution in [0.25, 0.3) is 10.9 Å². The van der Waals surface area contributed by atoms with Gasteiger partial charge in [-0.25, -0.2) is 4.98 Å². The molecule has 4 heteroatoms. The summed E-state index contributed by atoms with van der Waals surface area (Å²) in [6.45, 7) is 0. The molecule has 0 atom stereocenters. The van der Waals surface area contributed by atoms with Gasteiger partial charge in [0.1, 0.15) is 11.5 Å². The van der Waals surface area contributed by atoms with E-state index in [4.69, 9.17) is 4.42 Å². The van der Waals surface area contributed by atoms with E-state index in [9.17, 15) is 4.79 Å².